The Kier molecular flexibility index (Phi) is 11.1. The van der Waals surface area contributed by atoms with Gasteiger partial charge in [0.05, 0.1) is 6.04 Å². The normalized spacial score (nSPS) is 23.3. The maximum Gasteiger partial charge on any atom is 0.0582 e. The van der Waals surface area contributed by atoms with Crippen LogP contribution in [0.5, 0.6) is 0 Å². The summed E-state index contributed by atoms with van der Waals surface area (Å²) in [6.07, 6.45) is 8.09. The molecule has 0 saturated heterocycles. The van der Waals surface area contributed by atoms with Crippen molar-refractivity contribution in [1.29, 1.82) is 0 Å². The number of hydrogen-bond donors (Lipinski definition) is 0. The minimum atomic E-state index is 0. The summed E-state index contributed by atoms with van der Waals surface area (Å²) in [6.45, 7) is 0. The first kappa shape index (κ1) is 33.7. The van der Waals surface area contributed by atoms with Crippen molar-refractivity contribution in [1.82, 2.24) is 4.90 Å². The molecule has 1 aliphatic heterocycles. The Bertz CT molecular complexity index is 1490. The van der Waals surface area contributed by atoms with E-state index < -0.39 is 0 Å². The van der Waals surface area contributed by atoms with Crippen molar-refractivity contribution >= 4 is 6.21 Å². The van der Waals surface area contributed by atoms with Crippen molar-refractivity contribution in [3.05, 3.63) is 203 Å². The van der Waals surface area contributed by atoms with Crippen molar-refractivity contribution in [3.8, 4) is 0 Å². The van der Waals surface area contributed by atoms with Gasteiger partial charge in [0.1, 0.15) is 0 Å². The van der Waals surface area contributed by atoms with E-state index in [4.69, 9.17) is 0 Å². The molecule has 3 aliphatic rings. The summed E-state index contributed by atoms with van der Waals surface area (Å²) in [7, 11) is 4.25. The van der Waals surface area contributed by atoms with Crippen LogP contribution in [-0.4, -0.2) is 31.3 Å². The molecule has 4 unspecified atom stereocenters. The van der Waals surface area contributed by atoms with Crippen LogP contribution in [0.4, 0.5) is 0 Å². The average molecular weight is 669 g/mol. The smallest absolute Gasteiger partial charge is 0.0582 e. The standard InChI is InChI=1S/C35H28.C10H16N2.Fe/c1-6-16-26(17-7-1)31-32(27-18-8-2-9-19-27)34(29-22-12-4-13-23-29)35(30-24-14-5-15-25-30)33(31)28-20-10-3-11-21-28;1-12(2)10-6-7-11-9-5-3-4-8(9)10;/h1-25,31-33H;6-9H,3-5H2,1-2H3;. The third-order valence-corrected chi connectivity index (χ3v) is 10.2. The molecular formula is C45H44FeN2. The van der Waals surface area contributed by atoms with Crippen molar-refractivity contribution in [2.45, 2.75) is 43.1 Å². The van der Waals surface area contributed by atoms with Gasteiger partial charge >= 0.3 is 0 Å². The molecule has 0 bridgehead atoms. The molecule has 2 nitrogen and oxygen atoms in total. The number of nitrogens with zero attached hydrogens (tertiary/aromatic N) is 2. The molecule has 5 aromatic rings. The second-order valence-corrected chi connectivity index (χ2v) is 13.2. The van der Waals surface area contributed by atoms with Gasteiger partial charge in [-0.25, -0.2) is 0 Å². The largest absolute Gasteiger partial charge is 0.381 e. The monoisotopic (exact) mass is 668 g/mol. The summed E-state index contributed by atoms with van der Waals surface area (Å²) >= 11 is 0. The van der Waals surface area contributed by atoms with Crippen LogP contribution in [0.15, 0.2) is 168 Å². The van der Waals surface area contributed by atoms with E-state index in [1.54, 1.807) is 0 Å². The summed E-state index contributed by atoms with van der Waals surface area (Å²) in [5.74, 6) is 4.34. The maximum atomic E-state index is 4.50. The molecule has 4 atom stereocenters. The SMILES string of the molecule is CN(C)C1=CC=NC2CCCC12.[Fe].c1ccc([C]2[C](c3ccccc3)C(c3ccccc3)C(c3ccccc3)C2c2ccccc2)cc1. The molecule has 48 heavy (non-hydrogen) atoms. The minimum absolute atomic E-state index is 0. The number of dihydropyridines is 1. The molecule has 0 N–H and O–H groups in total. The van der Waals surface area contributed by atoms with Gasteiger partial charge in [-0.05, 0) is 52.7 Å². The van der Waals surface area contributed by atoms with E-state index >= 15 is 0 Å². The first-order valence-corrected chi connectivity index (χ1v) is 17.1. The number of benzene rings is 5. The van der Waals surface area contributed by atoms with Gasteiger partial charge in [0.15, 0.2) is 0 Å². The van der Waals surface area contributed by atoms with E-state index in [9.17, 15) is 0 Å². The van der Waals surface area contributed by atoms with Gasteiger partial charge in [-0.1, -0.05) is 158 Å². The third kappa shape index (κ3) is 7.00. The molecule has 5 aromatic carbocycles. The van der Waals surface area contributed by atoms with Crippen molar-refractivity contribution < 1.29 is 17.1 Å². The first-order chi connectivity index (χ1) is 23.2. The fourth-order valence-electron chi connectivity index (χ4n) is 8.22. The summed E-state index contributed by atoms with van der Waals surface area (Å²) in [4.78, 5) is 6.73. The van der Waals surface area contributed by atoms with Crippen LogP contribution in [0, 0.1) is 17.8 Å². The Morgan fingerprint density at radius 2 is 0.938 bits per heavy atom. The van der Waals surface area contributed by atoms with Crippen LogP contribution in [0.1, 0.15) is 64.8 Å². The Balaban J connectivity index is 0.000000260. The zero-order valence-electron chi connectivity index (χ0n) is 27.8. The third-order valence-electron chi connectivity index (χ3n) is 10.2. The zero-order chi connectivity index (χ0) is 32.0. The van der Waals surface area contributed by atoms with Gasteiger partial charge in [0.2, 0.25) is 0 Å². The van der Waals surface area contributed by atoms with Gasteiger partial charge in [-0.2, -0.15) is 0 Å². The molecule has 2 fully saturated rings. The number of rotatable bonds is 6. The quantitative estimate of drug-likeness (QED) is 0.165. The molecule has 2 saturated carbocycles. The molecular weight excluding hydrogens is 624 g/mol. The van der Waals surface area contributed by atoms with E-state index in [1.165, 1.54) is 64.6 Å². The van der Waals surface area contributed by atoms with E-state index in [2.05, 4.69) is 182 Å². The Morgan fingerprint density at radius 1 is 0.521 bits per heavy atom. The van der Waals surface area contributed by atoms with Crippen molar-refractivity contribution in [2.24, 2.45) is 10.9 Å². The first-order valence-electron chi connectivity index (χ1n) is 17.1. The Morgan fingerprint density at radius 3 is 1.38 bits per heavy atom. The van der Waals surface area contributed by atoms with Crippen LogP contribution in [-0.2, 0) is 17.1 Å². The zero-order valence-corrected chi connectivity index (χ0v) is 28.9. The second-order valence-electron chi connectivity index (χ2n) is 13.2. The molecule has 0 spiro atoms. The molecule has 2 radical (unpaired) electrons. The predicted octanol–water partition coefficient (Wildman–Crippen LogP) is 10.3. The summed E-state index contributed by atoms with van der Waals surface area (Å²) in [5, 5.41) is 0. The van der Waals surface area contributed by atoms with Crippen LogP contribution in [0.25, 0.3) is 0 Å². The molecule has 8 rings (SSSR count). The van der Waals surface area contributed by atoms with Crippen LogP contribution >= 0.6 is 0 Å². The number of fused-ring (bicyclic) bond motifs is 1. The summed E-state index contributed by atoms with van der Waals surface area (Å²) < 4.78 is 0. The summed E-state index contributed by atoms with van der Waals surface area (Å²) in [6, 6.07) is 55.9. The minimum Gasteiger partial charge on any atom is -0.381 e. The second kappa shape index (κ2) is 15.8. The average Bonchev–Trinajstić information content (AvgIpc) is 3.77. The Hall–Kier alpha value is -4.17. The van der Waals surface area contributed by atoms with Crippen LogP contribution in [0.3, 0.4) is 0 Å². The fraction of sp³-hybridized carbons (Fsp3) is 0.222. The molecule has 3 heteroatoms. The van der Waals surface area contributed by atoms with Crippen molar-refractivity contribution in [3.63, 3.8) is 0 Å². The fourth-order valence-corrected chi connectivity index (χ4v) is 8.22. The van der Waals surface area contributed by atoms with Crippen LogP contribution < -0.4 is 0 Å². The van der Waals surface area contributed by atoms with Crippen molar-refractivity contribution in [2.75, 3.05) is 14.1 Å². The number of allylic oxidation sites excluding steroid dienone is 1. The van der Waals surface area contributed by atoms with Crippen LogP contribution in [0.2, 0.25) is 0 Å². The molecule has 242 valence electrons. The van der Waals surface area contributed by atoms with E-state index in [-0.39, 0.29) is 34.8 Å². The maximum absolute atomic E-state index is 4.50. The predicted molar refractivity (Wildman–Crippen MR) is 197 cm³/mol. The van der Waals surface area contributed by atoms with Gasteiger partial charge in [0.25, 0.3) is 0 Å². The topological polar surface area (TPSA) is 15.6 Å². The molecule has 0 amide bonds. The molecule has 2 aliphatic carbocycles. The molecule has 0 aromatic heterocycles. The van der Waals surface area contributed by atoms with Gasteiger partial charge in [-0.3, -0.25) is 4.99 Å². The van der Waals surface area contributed by atoms with Gasteiger partial charge in [-0.15, -0.1) is 0 Å². The van der Waals surface area contributed by atoms with E-state index in [0.717, 1.165) is 0 Å². The number of hydrogen-bond acceptors (Lipinski definition) is 2. The summed E-state index contributed by atoms with van der Waals surface area (Å²) in [5.41, 5.74) is 8.19. The van der Waals surface area contributed by atoms with E-state index in [0.29, 0.717) is 12.0 Å². The Labute approximate surface area is 298 Å². The van der Waals surface area contributed by atoms with Gasteiger partial charge in [0, 0.05) is 72.7 Å². The molecule has 1 heterocycles. The number of aliphatic imine (C=N–C) groups is 1. The van der Waals surface area contributed by atoms with E-state index in [1.807, 2.05) is 6.21 Å². The van der Waals surface area contributed by atoms with Gasteiger partial charge < -0.3 is 4.90 Å².